The van der Waals surface area contributed by atoms with Crippen LogP contribution in [0.4, 0.5) is 5.95 Å². The first-order valence-electron chi connectivity index (χ1n) is 7.68. The van der Waals surface area contributed by atoms with E-state index < -0.39 is 0 Å². The molecule has 8 heteroatoms. The maximum absolute atomic E-state index is 11.9. The minimum atomic E-state index is -0.369. The summed E-state index contributed by atoms with van der Waals surface area (Å²) in [7, 11) is 0. The van der Waals surface area contributed by atoms with Crippen LogP contribution in [0.2, 0.25) is 5.02 Å². The Morgan fingerprint density at radius 3 is 2.92 bits per heavy atom. The Balaban J connectivity index is 1.66. The molecule has 3 rings (SSSR count). The number of anilines is 1. The largest absolute Gasteiger partial charge is 0.457 e. The Hall–Kier alpha value is -2.93. The van der Waals surface area contributed by atoms with Gasteiger partial charge in [-0.2, -0.15) is 4.80 Å². The normalized spacial score (nSPS) is 11.2. The van der Waals surface area contributed by atoms with Crippen LogP contribution >= 0.6 is 11.6 Å². The number of tetrazole rings is 1. The molecular weight excluding hydrogens is 342 g/mol. The number of nitrogens with zero attached hydrogens (tertiary/aromatic N) is 4. The van der Waals surface area contributed by atoms with E-state index in [-0.39, 0.29) is 11.9 Å². The number of aryl methyl sites for hydroxylation is 2. The number of aromatic nitrogens is 4. The molecule has 7 nitrogen and oxygen atoms in total. The zero-order valence-corrected chi connectivity index (χ0v) is 14.5. The first-order valence-corrected chi connectivity index (χ1v) is 8.06. The standard InChI is InChI=1S/C17H16ClN5O2/c1-3-23-21-17(20-22-23)19-16(24)9-7-13-6-8-15(25-13)12-5-4-11(2)14(18)10-12/h4-10H,3H2,1-2H3,(H,19,21,24)/b9-7+. The molecule has 0 atom stereocenters. The van der Waals surface area contributed by atoms with Gasteiger partial charge in [-0.3, -0.25) is 10.1 Å². The monoisotopic (exact) mass is 357 g/mol. The quantitative estimate of drug-likeness (QED) is 0.705. The first-order chi connectivity index (χ1) is 12.0. The second-order valence-electron chi connectivity index (χ2n) is 5.29. The molecule has 128 valence electrons. The number of carbonyl (C=O) groups is 1. The van der Waals surface area contributed by atoms with E-state index in [1.54, 1.807) is 12.1 Å². The minimum Gasteiger partial charge on any atom is -0.457 e. The predicted molar refractivity (Wildman–Crippen MR) is 95.0 cm³/mol. The minimum absolute atomic E-state index is 0.158. The van der Waals surface area contributed by atoms with E-state index in [9.17, 15) is 4.79 Å². The van der Waals surface area contributed by atoms with Gasteiger partial charge in [-0.15, -0.1) is 5.10 Å². The lowest BCUT2D eigenvalue weighted by molar-refractivity contribution is -0.111. The van der Waals surface area contributed by atoms with Gasteiger partial charge in [0.15, 0.2) is 0 Å². The first kappa shape index (κ1) is 16.9. The lowest BCUT2D eigenvalue weighted by atomic mass is 10.1. The maximum Gasteiger partial charge on any atom is 0.270 e. The van der Waals surface area contributed by atoms with Gasteiger partial charge in [0.2, 0.25) is 0 Å². The molecule has 0 bridgehead atoms. The highest BCUT2D eigenvalue weighted by Crippen LogP contribution is 2.27. The van der Waals surface area contributed by atoms with Crippen LogP contribution < -0.4 is 5.32 Å². The van der Waals surface area contributed by atoms with Crippen molar-refractivity contribution in [3.8, 4) is 11.3 Å². The van der Waals surface area contributed by atoms with Gasteiger partial charge in [0, 0.05) is 16.7 Å². The van der Waals surface area contributed by atoms with Gasteiger partial charge in [-0.05, 0) is 48.9 Å². The molecule has 3 aromatic rings. The Morgan fingerprint density at radius 2 is 2.20 bits per heavy atom. The third kappa shape index (κ3) is 4.13. The Kier molecular flexibility index (Phi) is 4.95. The van der Waals surface area contributed by atoms with Crippen LogP contribution in [0.5, 0.6) is 0 Å². The van der Waals surface area contributed by atoms with E-state index in [1.165, 1.54) is 10.9 Å². The van der Waals surface area contributed by atoms with Gasteiger partial charge in [0.1, 0.15) is 11.5 Å². The molecule has 0 aliphatic carbocycles. The van der Waals surface area contributed by atoms with Crippen LogP contribution in [0.25, 0.3) is 17.4 Å². The molecule has 1 N–H and O–H groups in total. The third-order valence-corrected chi connectivity index (χ3v) is 3.86. The molecular formula is C17H16ClN5O2. The molecule has 0 saturated heterocycles. The second-order valence-corrected chi connectivity index (χ2v) is 5.70. The molecule has 0 unspecified atom stereocenters. The van der Waals surface area contributed by atoms with Crippen molar-refractivity contribution in [2.24, 2.45) is 0 Å². The second kappa shape index (κ2) is 7.31. The summed E-state index contributed by atoms with van der Waals surface area (Å²) in [6.07, 6.45) is 2.91. The fraction of sp³-hybridized carbons (Fsp3) is 0.176. The number of hydrogen-bond donors (Lipinski definition) is 1. The summed E-state index contributed by atoms with van der Waals surface area (Å²) < 4.78 is 5.71. The van der Waals surface area contributed by atoms with Gasteiger partial charge in [-0.1, -0.05) is 28.8 Å². The van der Waals surface area contributed by atoms with Gasteiger partial charge >= 0.3 is 0 Å². The van der Waals surface area contributed by atoms with Crippen molar-refractivity contribution < 1.29 is 9.21 Å². The molecule has 2 aromatic heterocycles. The molecule has 0 radical (unpaired) electrons. The van der Waals surface area contributed by atoms with E-state index in [0.29, 0.717) is 23.1 Å². The smallest absolute Gasteiger partial charge is 0.270 e. The fourth-order valence-corrected chi connectivity index (χ4v) is 2.26. The fourth-order valence-electron chi connectivity index (χ4n) is 2.08. The Labute approximate surface area is 149 Å². The van der Waals surface area contributed by atoms with Crippen LogP contribution in [-0.2, 0) is 11.3 Å². The molecule has 25 heavy (non-hydrogen) atoms. The number of benzene rings is 1. The topological polar surface area (TPSA) is 85.8 Å². The number of halogens is 1. The number of rotatable bonds is 5. The number of hydrogen-bond acceptors (Lipinski definition) is 5. The third-order valence-electron chi connectivity index (χ3n) is 3.45. The molecule has 0 aliphatic rings. The molecule has 0 fully saturated rings. The summed E-state index contributed by atoms with van der Waals surface area (Å²) in [6.45, 7) is 4.40. The van der Waals surface area contributed by atoms with Crippen LogP contribution in [0.15, 0.2) is 40.8 Å². The van der Waals surface area contributed by atoms with Crippen molar-refractivity contribution in [1.82, 2.24) is 20.2 Å². The lowest BCUT2D eigenvalue weighted by Gasteiger charge is -2.00. The van der Waals surface area contributed by atoms with Crippen molar-refractivity contribution in [3.63, 3.8) is 0 Å². The number of amides is 1. The van der Waals surface area contributed by atoms with Crippen LogP contribution in [0.3, 0.4) is 0 Å². The van der Waals surface area contributed by atoms with Crippen molar-refractivity contribution in [2.75, 3.05) is 5.32 Å². The SMILES string of the molecule is CCn1nnc(NC(=O)/C=C/c2ccc(-c3ccc(C)c(Cl)c3)o2)n1. The van der Waals surface area contributed by atoms with E-state index in [1.807, 2.05) is 38.1 Å². The van der Waals surface area contributed by atoms with Crippen molar-refractivity contribution in [3.05, 3.63) is 52.8 Å². The highest BCUT2D eigenvalue weighted by Gasteiger charge is 2.07. The molecule has 1 aromatic carbocycles. The molecule has 0 spiro atoms. The highest BCUT2D eigenvalue weighted by molar-refractivity contribution is 6.31. The van der Waals surface area contributed by atoms with Gasteiger partial charge in [-0.25, -0.2) is 0 Å². The van der Waals surface area contributed by atoms with Gasteiger partial charge < -0.3 is 4.42 Å². The number of carbonyl (C=O) groups excluding carboxylic acids is 1. The molecule has 1 amide bonds. The zero-order valence-electron chi connectivity index (χ0n) is 13.7. The van der Waals surface area contributed by atoms with Crippen LogP contribution in [-0.4, -0.2) is 26.1 Å². The number of furan rings is 1. The van der Waals surface area contributed by atoms with Crippen molar-refractivity contribution in [2.45, 2.75) is 20.4 Å². The summed E-state index contributed by atoms with van der Waals surface area (Å²) in [5, 5.41) is 14.7. The Bertz CT molecular complexity index is 929. The summed E-state index contributed by atoms with van der Waals surface area (Å²) >= 11 is 6.14. The molecule has 0 saturated carbocycles. The van der Waals surface area contributed by atoms with Crippen LogP contribution in [0.1, 0.15) is 18.2 Å². The highest BCUT2D eigenvalue weighted by atomic mass is 35.5. The van der Waals surface area contributed by atoms with Gasteiger partial charge in [0.25, 0.3) is 11.9 Å². The molecule has 0 aliphatic heterocycles. The van der Waals surface area contributed by atoms with E-state index >= 15 is 0 Å². The van der Waals surface area contributed by atoms with E-state index in [4.69, 9.17) is 16.0 Å². The Morgan fingerprint density at radius 1 is 1.36 bits per heavy atom. The number of nitrogens with one attached hydrogen (secondary N) is 1. The average Bonchev–Trinajstić information content (AvgIpc) is 3.24. The molecule has 2 heterocycles. The van der Waals surface area contributed by atoms with Crippen molar-refractivity contribution in [1.29, 1.82) is 0 Å². The summed E-state index contributed by atoms with van der Waals surface area (Å²) in [6, 6.07) is 9.31. The van der Waals surface area contributed by atoms with Crippen molar-refractivity contribution >= 4 is 29.5 Å². The predicted octanol–water partition coefficient (Wildman–Crippen LogP) is 3.57. The van der Waals surface area contributed by atoms with Gasteiger partial charge in [0.05, 0.1) is 6.54 Å². The lowest BCUT2D eigenvalue weighted by Crippen LogP contribution is -2.09. The summed E-state index contributed by atoms with van der Waals surface area (Å²) in [4.78, 5) is 13.2. The average molecular weight is 358 g/mol. The summed E-state index contributed by atoms with van der Waals surface area (Å²) in [5.41, 5.74) is 1.88. The zero-order chi connectivity index (χ0) is 17.8. The van der Waals surface area contributed by atoms with E-state index in [0.717, 1.165) is 11.1 Å². The van der Waals surface area contributed by atoms with E-state index in [2.05, 4.69) is 20.7 Å². The summed E-state index contributed by atoms with van der Waals surface area (Å²) in [5.74, 6) is 1.01. The van der Waals surface area contributed by atoms with Crippen LogP contribution in [0, 0.1) is 6.92 Å². The maximum atomic E-state index is 11.9.